The van der Waals surface area contributed by atoms with E-state index in [1.54, 1.807) is 0 Å². The molecule has 1 saturated heterocycles. The van der Waals surface area contributed by atoms with Crippen molar-refractivity contribution in [2.24, 2.45) is 0 Å². The molecule has 1 N–H and O–H groups in total. The minimum Gasteiger partial charge on any atom is -0.460 e. The predicted octanol–water partition coefficient (Wildman–Crippen LogP) is -0.301. The van der Waals surface area contributed by atoms with Crippen LogP contribution >= 0.6 is 0 Å². The first kappa shape index (κ1) is 8.49. The first-order chi connectivity index (χ1) is 5.22. The van der Waals surface area contributed by atoms with Crippen molar-refractivity contribution in [3.63, 3.8) is 0 Å². The van der Waals surface area contributed by atoms with Crippen molar-refractivity contribution < 1.29 is 19.4 Å². The number of ether oxygens (including phenoxy) is 2. The summed E-state index contributed by atoms with van der Waals surface area (Å²) in [6.45, 7) is 0.364. The first-order valence-corrected chi connectivity index (χ1v) is 3.59. The molecule has 0 aromatic heterocycles. The fraction of sp³-hybridized carbons (Fsp3) is 0.857. The molecule has 0 unspecified atom stereocenters. The quantitative estimate of drug-likeness (QED) is 0.563. The van der Waals surface area contributed by atoms with Crippen molar-refractivity contribution in [3.8, 4) is 0 Å². The fourth-order valence-corrected chi connectivity index (χ4v) is 1.15. The number of hydrogen-bond donors (Lipinski definition) is 1. The summed E-state index contributed by atoms with van der Waals surface area (Å²) in [5.74, 6) is -0.342. The molecule has 2 atom stereocenters. The molecule has 0 amide bonds. The maximum atomic E-state index is 10.7. The Morgan fingerprint density at radius 2 is 2.55 bits per heavy atom. The highest BCUT2D eigenvalue weighted by molar-refractivity contribution is 5.70. The van der Waals surface area contributed by atoms with Crippen LogP contribution in [0.1, 0.15) is 12.8 Å². The Balaban J connectivity index is 2.36. The number of rotatable bonds is 2. The van der Waals surface area contributed by atoms with Crippen molar-refractivity contribution in [1.29, 1.82) is 0 Å². The van der Waals surface area contributed by atoms with Crippen molar-refractivity contribution in [2.75, 3.05) is 13.7 Å². The van der Waals surface area contributed by atoms with Crippen LogP contribution in [-0.2, 0) is 14.3 Å². The zero-order valence-electron chi connectivity index (χ0n) is 6.45. The molecule has 0 radical (unpaired) electrons. The number of methoxy groups -OCH3 is 1. The van der Waals surface area contributed by atoms with E-state index in [9.17, 15) is 4.79 Å². The van der Waals surface area contributed by atoms with Gasteiger partial charge in [0.2, 0.25) is 0 Å². The third-order valence-electron chi connectivity index (χ3n) is 1.59. The van der Waals surface area contributed by atoms with Gasteiger partial charge < -0.3 is 14.6 Å². The summed E-state index contributed by atoms with van der Waals surface area (Å²) in [5, 5.41) is 9.12. The summed E-state index contributed by atoms with van der Waals surface area (Å²) >= 11 is 0. The van der Waals surface area contributed by atoms with E-state index in [4.69, 9.17) is 14.6 Å². The van der Waals surface area contributed by atoms with Gasteiger partial charge in [0.15, 0.2) is 0 Å². The van der Waals surface area contributed by atoms with E-state index in [-0.39, 0.29) is 18.5 Å². The maximum absolute atomic E-state index is 10.7. The monoisotopic (exact) mass is 160 g/mol. The van der Waals surface area contributed by atoms with E-state index < -0.39 is 6.10 Å². The van der Waals surface area contributed by atoms with Crippen LogP contribution in [0.4, 0.5) is 0 Å². The zero-order valence-corrected chi connectivity index (χ0v) is 6.45. The zero-order chi connectivity index (χ0) is 8.27. The summed E-state index contributed by atoms with van der Waals surface area (Å²) in [4.78, 5) is 10.7. The molecule has 64 valence electrons. The highest BCUT2D eigenvalue weighted by atomic mass is 16.6. The Morgan fingerprint density at radius 1 is 1.82 bits per heavy atom. The Kier molecular flexibility index (Phi) is 2.84. The number of aliphatic hydroxyl groups excluding tert-OH is 1. The SMILES string of the molecule is COC[C@@H]1C[C@@H](O)CC(=O)O1. The largest absolute Gasteiger partial charge is 0.460 e. The lowest BCUT2D eigenvalue weighted by Crippen LogP contribution is -2.35. The number of cyclic esters (lactones) is 1. The van der Waals surface area contributed by atoms with Crippen molar-refractivity contribution in [2.45, 2.75) is 25.0 Å². The van der Waals surface area contributed by atoms with Crippen LogP contribution in [0.3, 0.4) is 0 Å². The van der Waals surface area contributed by atoms with Gasteiger partial charge in [-0.3, -0.25) is 4.79 Å². The van der Waals surface area contributed by atoms with E-state index in [0.717, 1.165) is 0 Å². The van der Waals surface area contributed by atoms with Gasteiger partial charge >= 0.3 is 5.97 Å². The molecule has 1 aliphatic rings. The van der Waals surface area contributed by atoms with Gasteiger partial charge in [0.1, 0.15) is 6.10 Å². The van der Waals surface area contributed by atoms with E-state index in [2.05, 4.69) is 0 Å². The number of hydrogen-bond acceptors (Lipinski definition) is 4. The first-order valence-electron chi connectivity index (χ1n) is 3.59. The second-order valence-corrected chi connectivity index (χ2v) is 2.66. The van der Waals surface area contributed by atoms with E-state index in [0.29, 0.717) is 13.0 Å². The standard InChI is InChI=1S/C7H12O4/c1-10-4-6-2-5(8)3-7(9)11-6/h5-6,8H,2-4H2,1H3/t5-,6+/m1/s1. The Labute approximate surface area is 65.1 Å². The van der Waals surface area contributed by atoms with Crippen LogP contribution in [0.5, 0.6) is 0 Å². The summed E-state index contributed by atoms with van der Waals surface area (Å²) in [6, 6.07) is 0. The summed E-state index contributed by atoms with van der Waals surface area (Å²) < 4.78 is 9.66. The van der Waals surface area contributed by atoms with Crippen molar-refractivity contribution >= 4 is 5.97 Å². The van der Waals surface area contributed by atoms with Crippen LogP contribution in [0, 0.1) is 0 Å². The van der Waals surface area contributed by atoms with E-state index in [1.165, 1.54) is 7.11 Å². The minimum absolute atomic E-state index is 0.111. The smallest absolute Gasteiger partial charge is 0.308 e. The lowest BCUT2D eigenvalue weighted by atomic mass is 10.1. The second-order valence-electron chi connectivity index (χ2n) is 2.66. The molecule has 4 nitrogen and oxygen atoms in total. The minimum atomic E-state index is -0.559. The molecule has 1 fully saturated rings. The topological polar surface area (TPSA) is 55.8 Å². The summed E-state index contributed by atoms with van der Waals surface area (Å²) in [6.07, 6.45) is -0.229. The number of aliphatic hydroxyl groups is 1. The normalized spacial score (nSPS) is 31.6. The highest BCUT2D eigenvalue weighted by Crippen LogP contribution is 2.14. The summed E-state index contributed by atoms with van der Waals surface area (Å²) in [5.41, 5.74) is 0. The molecule has 0 saturated carbocycles. The lowest BCUT2D eigenvalue weighted by Gasteiger charge is -2.24. The van der Waals surface area contributed by atoms with Gasteiger partial charge in [-0.1, -0.05) is 0 Å². The van der Waals surface area contributed by atoms with Crippen LogP contribution in [0.25, 0.3) is 0 Å². The van der Waals surface area contributed by atoms with Gasteiger partial charge in [-0.05, 0) is 0 Å². The van der Waals surface area contributed by atoms with Crippen LogP contribution in [-0.4, -0.2) is 37.0 Å². The molecule has 0 aliphatic carbocycles. The average molecular weight is 160 g/mol. The van der Waals surface area contributed by atoms with Gasteiger partial charge in [-0.2, -0.15) is 0 Å². The van der Waals surface area contributed by atoms with Gasteiger partial charge in [-0.15, -0.1) is 0 Å². The number of carbonyl (C=O) groups is 1. The van der Waals surface area contributed by atoms with Gasteiger partial charge in [0.25, 0.3) is 0 Å². The molecule has 0 aromatic rings. The van der Waals surface area contributed by atoms with Crippen molar-refractivity contribution in [1.82, 2.24) is 0 Å². The average Bonchev–Trinajstić information content (AvgIpc) is 1.85. The summed E-state index contributed by atoms with van der Waals surface area (Å²) in [7, 11) is 1.54. The van der Waals surface area contributed by atoms with Gasteiger partial charge in [0, 0.05) is 13.5 Å². The molecule has 4 heteroatoms. The second kappa shape index (κ2) is 3.69. The van der Waals surface area contributed by atoms with Crippen molar-refractivity contribution in [3.05, 3.63) is 0 Å². The predicted molar refractivity (Wildman–Crippen MR) is 37.0 cm³/mol. The number of carbonyl (C=O) groups excluding carboxylic acids is 1. The molecule has 11 heavy (non-hydrogen) atoms. The van der Waals surface area contributed by atoms with E-state index >= 15 is 0 Å². The third kappa shape index (κ3) is 2.48. The Bertz CT molecular complexity index is 145. The molecule has 0 bridgehead atoms. The molecular weight excluding hydrogens is 148 g/mol. The van der Waals surface area contributed by atoms with Crippen LogP contribution < -0.4 is 0 Å². The third-order valence-corrected chi connectivity index (χ3v) is 1.59. The lowest BCUT2D eigenvalue weighted by molar-refractivity contribution is -0.163. The molecule has 0 aromatic carbocycles. The molecule has 0 spiro atoms. The Morgan fingerprint density at radius 3 is 3.09 bits per heavy atom. The molecule has 1 heterocycles. The van der Waals surface area contributed by atoms with E-state index in [1.807, 2.05) is 0 Å². The fourth-order valence-electron chi connectivity index (χ4n) is 1.15. The van der Waals surface area contributed by atoms with Gasteiger partial charge in [0.05, 0.1) is 19.1 Å². The molecule has 1 rings (SSSR count). The highest BCUT2D eigenvalue weighted by Gasteiger charge is 2.26. The number of esters is 1. The Hall–Kier alpha value is -0.610. The maximum Gasteiger partial charge on any atom is 0.308 e. The van der Waals surface area contributed by atoms with Crippen LogP contribution in [0.15, 0.2) is 0 Å². The van der Waals surface area contributed by atoms with Crippen LogP contribution in [0.2, 0.25) is 0 Å². The van der Waals surface area contributed by atoms with Gasteiger partial charge in [-0.25, -0.2) is 0 Å². The molecule has 1 aliphatic heterocycles. The molecular formula is C7H12O4.